The number of rotatable bonds is 10. The van der Waals surface area contributed by atoms with Gasteiger partial charge in [-0.2, -0.15) is 4.98 Å². The maximum absolute atomic E-state index is 13.5. The molecule has 1 aliphatic heterocycles. The van der Waals surface area contributed by atoms with Crippen LogP contribution in [0.3, 0.4) is 0 Å². The number of furan rings is 1. The molecule has 1 N–H and O–H groups in total. The standard InChI is InChI=1S/C25H31FN4O6S2/c1-4-17-16-20-21(24(31)27-2)22(18-8-10-19(26)11-9-18)36-25(20)28-23(17)30(37(3,32)33)14-7-15-38(34,35)29-12-5-6-13-29/h8-11,16H,4-7,12-15H2,1-3H3,(H,27,31). The van der Waals surface area contributed by atoms with Gasteiger partial charge in [0.15, 0.2) is 0 Å². The average molecular weight is 567 g/mol. The Labute approximate surface area is 221 Å². The van der Waals surface area contributed by atoms with E-state index in [1.807, 2.05) is 6.92 Å². The third-order valence-electron chi connectivity index (χ3n) is 6.54. The summed E-state index contributed by atoms with van der Waals surface area (Å²) in [7, 11) is -5.85. The third kappa shape index (κ3) is 5.69. The number of halogens is 1. The Kier molecular flexibility index (Phi) is 8.09. The van der Waals surface area contributed by atoms with E-state index >= 15 is 0 Å². The first-order valence-electron chi connectivity index (χ1n) is 12.4. The largest absolute Gasteiger partial charge is 0.437 e. The van der Waals surface area contributed by atoms with Gasteiger partial charge in [-0.1, -0.05) is 6.92 Å². The lowest BCUT2D eigenvalue weighted by molar-refractivity contribution is 0.0964. The molecule has 0 bridgehead atoms. The molecule has 4 rings (SSSR count). The highest BCUT2D eigenvalue weighted by Gasteiger charge is 2.29. The van der Waals surface area contributed by atoms with Crippen LogP contribution in [0.5, 0.6) is 0 Å². The molecule has 0 aliphatic carbocycles. The van der Waals surface area contributed by atoms with E-state index in [4.69, 9.17) is 4.42 Å². The molecule has 0 radical (unpaired) electrons. The van der Waals surface area contributed by atoms with Gasteiger partial charge in [-0.25, -0.2) is 25.5 Å². The lowest BCUT2D eigenvalue weighted by atomic mass is 10.0. The fraction of sp³-hybridized carbons (Fsp3) is 0.440. The highest BCUT2D eigenvalue weighted by Crippen LogP contribution is 2.36. The number of hydrogen-bond acceptors (Lipinski definition) is 7. The van der Waals surface area contributed by atoms with E-state index in [2.05, 4.69) is 10.3 Å². The van der Waals surface area contributed by atoms with Crippen molar-refractivity contribution < 1.29 is 30.4 Å². The Bertz CT molecular complexity index is 1550. The first kappa shape index (κ1) is 28.0. The van der Waals surface area contributed by atoms with Crippen LogP contribution in [-0.4, -0.2) is 70.7 Å². The first-order valence-corrected chi connectivity index (χ1v) is 15.8. The van der Waals surface area contributed by atoms with Crippen LogP contribution in [-0.2, 0) is 26.5 Å². The SMILES string of the molecule is CCc1cc2c(C(=O)NC)c(-c3ccc(F)cc3)oc2nc1N(CCCS(=O)(=O)N1CCCC1)S(C)(=O)=O. The second-order valence-electron chi connectivity index (χ2n) is 9.18. The van der Waals surface area contributed by atoms with Gasteiger partial charge in [0.2, 0.25) is 25.8 Å². The fourth-order valence-electron chi connectivity index (χ4n) is 4.60. The molecule has 13 heteroatoms. The molecule has 1 aliphatic rings. The summed E-state index contributed by atoms with van der Waals surface area (Å²) >= 11 is 0. The van der Waals surface area contributed by atoms with E-state index in [1.54, 1.807) is 6.07 Å². The number of pyridine rings is 1. The Morgan fingerprint density at radius 3 is 2.39 bits per heavy atom. The summed E-state index contributed by atoms with van der Waals surface area (Å²) in [6.45, 7) is 2.70. The lowest BCUT2D eigenvalue weighted by Crippen LogP contribution is -2.35. The van der Waals surface area contributed by atoms with E-state index in [-0.39, 0.29) is 41.6 Å². The normalized spacial score (nSPS) is 14.7. The molecule has 3 aromatic rings. The number of aromatic nitrogens is 1. The van der Waals surface area contributed by atoms with Crippen LogP contribution in [0, 0.1) is 5.82 Å². The summed E-state index contributed by atoms with van der Waals surface area (Å²) in [6.07, 6.45) is 3.15. The summed E-state index contributed by atoms with van der Waals surface area (Å²) in [5.74, 6) is -0.779. The Morgan fingerprint density at radius 2 is 1.82 bits per heavy atom. The van der Waals surface area contributed by atoms with Crippen molar-refractivity contribution in [2.45, 2.75) is 32.6 Å². The molecule has 38 heavy (non-hydrogen) atoms. The van der Waals surface area contributed by atoms with Crippen molar-refractivity contribution in [1.82, 2.24) is 14.6 Å². The number of sulfonamides is 2. The molecular weight excluding hydrogens is 535 g/mol. The number of aryl methyl sites for hydroxylation is 1. The predicted octanol–water partition coefficient (Wildman–Crippen LogP) is 3.14. The smallest absolute Gasteiger partial charge is 0.255 e. The van der Waals surface area contributed by atoms with E-state index in [0.717, 1.165) is 23.4 Å². The van der Waals surface area contributed by atoms with Crippen LogP contribution in [0.2, 0.25) is 0 Å². The van der Waals surface area contributed by atoms with Crippen molar-refractivity contribution in [3.8, 4) is 11.3 Å². The number of hydrogen-bond donors (Lipinski definition) is 1. The maximum atomic E-state index is 13.5. The number of carbonyl (C=O) groups is 1. The van der Waals surface area contributed by atoms with Gasteiger partial charge in [0, 0.05) is 32.2 Å². The van der Waals surface area contributed by atoms with Gasteiger partial charge in [0.05, 0.1) is 23.0 Å². The lowest BCUT2D eigenvalue weighted by Gasteiger charge is -2.24. The van der Waals surface area contributed by atoms with E-state index in [9.17, 15) is 26.0 Å². The number of anilines is 1. The van der Waals surface area contributed by atoms with Gasteiger partial charge in [-0.3, -0.25) is 9.10 Å². The summed E-state index contributed by atoms with van der Waals surface area (Å²) in [5, 5.41) is 2.96. The van der Waals surface area contributed by atoms with Crippen LogP contribution < -0.4 is 9.62 Å². The Hall–Kier alpha value is -3.03. The molecule has 206 valence electrons. The Balaban J connectivity index is 1.76. The maximum Gasteiger partial charge on any atom is 0.255 e. The van der Waals surface area contributed by atoms with Crippen molar-refractivity contribution in [1.29, 1.82) is 0 Å². The molecule has 3 heterocycles. The fourth-order valence-corrected chi connectivity index (χ4v) is 7.10. The van der Waals surface area contributed by atoms with Crippen LogP contribution >= 0.6 is 0 Å². The number of benzene rings is 1. The van der Waals surface area contributed by atoms with Gasteiger partial charge in [0.25, 0.3) is 5.91 Å². The summed E-state index contributed by atoms with van der Waals surface area (Å²) < 4.78 is 73.0. The molecule has 1 saturated heterocycles. The van der Waals surface area contributed by atoms with Crippen LogP contribution in [0.15, 0.2) is 34.7 Å². The van der Waals surface area contributed by atoms with Gasteiger partial charge >= 0.3 is 0 Å². The van der Waals surface area contributed by atoms with Gasteiger partial charge in [-0.15, -0.1) is 0 Å². The van der Waals surface area contributed by atoms with E-state index < -0.39 is 31.8 Å². The first-order chi connectivity index (χ1) is 18.0. The molecule has 1 aromatic carbocycles. The molecule has 0 atom stereocenters. The third-order valence-corrected chi connectivity index (χ3v) is 9.65. The monoisotopic (exact) mass is 566 g/mol. The number of nitrogens with zero attached hydrogens (tertiary/aromatic N) is 3. The van der Waals surface area contributed by atoms with Crippen molar-refractivity contribution in [3.63, 3.8) is 0 Å². The highest BCUT2D eigenvalue weighted by molar-refractivity contribution is 7.92. The van der Waals surface area contributed by atoms with Crippen LogP contribution in [0.4, 0.5) is 10.2 Å². The van der Waals surface area contributed by atoms with E-state index in [0.29, 0.717) is 36.0 Å². The number of carbonyl (C=O) groups excluding carboxylic acids is 1. The quantitative estimate of drug-likeness (QED) is 0.399. The number of nitrogens with one attached hydrogen (secondary N) is 1. The molecule has 1 amide bonds. The zero-order chi connectivity index (χ0) is 27.7. The number of amides is 1. The molecule has 0 unspecified atom stereocenters. The average Bonchev–Trinajstić information content (AvgIpc) is 3.54. The van der Waals surface area contributed by atoms with Crippen molar-refractivity contribution in [2.75, 3.05) is 43.0 Å². The molecule has 0 spiro atoms. The number of fused-ring (bicyclic) bond motifs is 1. The minimum absolute atomic E-state index is 0.0356. The zero-order valence-electron chi connectivity index (χ0n) is 21.5. The van der Waals surface area contributed by atoms with Gasteiger partial charge in [0.1, 0.15) is 17.4 Å². The van der Waals surface area contributed by atoms with Crippen LogP contribution in [0.1, 0.15) is 42.1 Å². The molecular formula is C25H31FN4O6S2. The van der Waals surface area contributed by atoms with E-state index in [1.165, 1.54) is 35.6 Å². The summed E-state index contributed by atoms with van der Waals surface area (Å²) in [4.78, 5) is 17.3. The second-order valence-corrected chi connectivity index (χ2v) is 13.2. The molecule has 1 fully saturated rings. The topological polar surface area (TPSA) is 130 Å². The minimum Gasteiger partial charge on any atom is -0.437 e. The van der Waals surface area contributed by atoms with Gasteiger partial charge < -0.3 is 9.73 Å². The summed E-state index contributed by atoms with van der Waals surface area (Å²) in [6, 6.07) is 7.11. The summed E-state index contributed by atoms with van der Waals surface area (Å²) in [5.41, 5.74) is 1.23. The zero-order valence-corrected chi connectivity index (χ0v) is 23.2. The van der Waals surface area contributed by atoms with Gasteiger partial charge in [-0.05, 0) is 61.6 Å². The molecule has 0 saturated carbocycles. The second kappa shape index (κ2) is 11.0. The predicted molar refractivity (Wildman–Crippen MR) is 144 cm³/mol. The highest BCUT2D eigenvalue weighted by atomic mass is 32.2. The molecule has 2 aromatic heterocycles. The van der Waals surface area contributed by atoms with Crippen molar-refractivity contribution in [2.24, 2.45) is 0 Å². The molecule has 10 nitrogen and oxygen atoms in total. The van der Waals surface area contributed by atoms with Crippen molar-refractivity contribution in [3.05, 3.63) is 47.3 Å². The minimum atomic E-state index is -3.84. The Morgan fingerprint density at radius 1 is 1.16 bits per heavy atom. The van der Waals surface area contributed by atoms with Crippen LogP contribution in [0.25, 0.3) is 22.4 Å². The van der Waals surface area contributed by atoms with Crippen molar-refractivity contribution >= 4 is 42.9 Å².